The van der Waals surface area contributed by atoms with Crippen LogP contribution in [-0.2, 0) is 26.1 Å². The lowest BCUT2D eigenvalue weighted by Crippen LogP contribution is -2.33. The lowest BCUT2D eigenvalue weighted by molar-refractivity contribution is 0.218. The van der Waals surface area contributed by atoms with Gasteiger partial charge >= 0.3 is 6.03 Å². The molecule has 1 aliphatic rings. The second kappa shape index (κ2) is 11.0. The van der Waals surface area contributed by atoms with E-state index in [2.05, 4.69) is 10.2 Å². The Labute approximate surface area is 220 Å². The van der Waals surface area contributed by atoms with Crippen molar-refractivity contribution < 1.29 is 18.3 Å². The Morgan fingerprint density at radius 2 is 1.87 bits per heavy atom. The Hall–Kier alpha value is -4.24. The molecule has 38 heavy (non-hydrogen) atoms. The third kappa shape index (κ3) is 5.38. The van der Waals surface area contributed by atoms with Crippen LogP contribution in [0, 0.1) is 11.6 Å². The summed E-state index contributed by atoms with van der Waals surface area (Å²) >= 11 is 0. The standard InChI is InChI=1S/C29H29F2N5O2/c1-34(29(37)32-22-10-7-9-21(30)16-22)19-25-23-18-35(17-20-8-3-4-11-24(20)31)15-14-26(23)36(33-25)27-12-5-6-13-28(27)38-2/h3-13,16H,14-15,17-19H2,1-2H3,(H,32,37). The van der Waals surface area contributed by atoms with E-state index in [9.17, 15) is 13.6 Å². The van der Waals surface area contributed by atoms with Crippen molar-refractivity contribution in [3.63, 3.8) is 0 Å². The average molecular weight is 518 g/mol. The van der Waals surface area contributed by atoms with Crippen LogP contribution in [0.5, 0.6) is 5.75 Å². The minimum absolute atomic E-state index is 0.225. The van der Waals surface area contributed by atoms with E-state index in [0.717, 1.165) is 29.2 Å². The average Bonchev–Trinajstić information content (AvgIpc) is 3.27. The summed E-state index contributed by atoms with van der Waals surface area (Å²) in [5.74, 6) is 0.0392. The molecule has 4 aromatic rings. The number of benzene rings is 3. The van der Waals surface area contributed by atoms with Crippen LogP contribution in [-0.4, -0.2) is 46.3 Å². The molecule has 0 saturated carbocycles. The Morgan fingerprint density at radius 1 is 1.08 bits per heavy atom. The van der Waals surface area contributed by atoms with Crippen LogP contribution in [0.1, 0.15) is 22.5 Å². The predicted molar refractivity (Wildman–Crippen MR) is 141 cm³/mol. The third-order valence-corrected chi connectivity index (χ3v) is 6.69. The molecule has 0 unspecified atom stereocenters. The van der Waals surface area contributed by atoms with Crippen molar-refractivity contribution in [3.8, 4) is 11.4 Å². The lowest BCUT2D eigenvalue weighted by Gasteiger charge is -2.28. The van der Waals surface area contributed by atoms with Crippen LogP contribution in [0.15, 0.2) is 72.8 Å². The number of carbonyl (C=O) groups excluding carboxylic acids is 1. The Bertz CT molecular complexity index is 1450. The maximum absolute atomic E-state index is 14.4. The highest BCUT2D eigenvalue weighted by molar-refractivity contribution is 5.89. The summed E-state index contributed by atoms with van der Waals surface area (Å²) in [6.07, 6.45) is 0.702. The molecule has 2 amide bonds. The number of amides is 2. The highest BCUT2D eigenvalue weighted by atomic mass is 19.1. The van der Waals surface area contributed by atoms with E-state index in [1.54, 1.807) is 38.4 Å². The van der Waals surface area contributed by atoms with Gasteiger partial charge in [0.05, 0.1) is 25.0 Å². The van der Waals surface area contributed by atoms with Gasteiger partial charge in [0.1, 0.15) is 23.1 Å². The first-order valence-electron chi connectivity index (χ1n) is 12.4. The number of halogens is 2. The minimum Gasteiger partial charge on any atom is -0.494 e. The number of rotatable bonds is 7. The Kier molecular flexibility index (Phi) is 7.37. The normalized spacial score (nSPS) is 13.2. The molecular formula is C29H29F2N5O2. The molecule has 5 rings (SSSR count). The maximum atomic E-state index is 14.4. The molecule has 0 atom stereocenters. The molecule has 7 nitrogen and oxygen atoms in total. The highest BCUT2D eigenvalue weighted by Gasteiger charge is 2.28. The summed E-state index contributed by atoms with van der Waals surface area (Å²) in [7, 11) is 3.29. The van der Waals surface area contributed by atoms with Crippen molar-refractivity contribution in [2.45, 2.75) is 26.1 Å². The van der Waals surface area contributed by atoms with Crippen molar-refractivity contribution >= 4 is 11.7 Å². The zero-order valence-electron chi connectivity index (χ0n) is 21.3. The van der Waals surface area contributed by atoms with E-state index in [0.29, 0.717) is 36.5 Å². The summed E-state index contributed by atoms with van der Waals surface area (Å²) in [6, 6.07) is 19.8. The smallest absolute Gasteiger partial charge is 0.321 e. The van der Waals surface area contributed by atoms with Gasteiger partial charge in [-0.25, -0.2) is 18.3 Å². The minimum atomic E-state index is -0.426. The van der Waals surface area contributed by atoms with Crippen LogP contribution in [0.25, 0.3) is 5.69 Å². The quantitative estimate of drug-likeness (QED) is 0.358. The number of hydrogen-bond donors (Lipinski definition) is 1. The summed E-state index contributed by atoms with van der Waals surface area (Å²) in [5.41, 5.74) is 4.60. The van der Waals surface area contributed by atoms with Crippen molar-refractivity contribution in [3.05, 3.63) is 107 Å². The summed E-state index contributed by atoms with van der Waals surface area (Å²) in [5, 5.41) is 7.66. The number of fused-ring (bicyclic) bond motifs is 1. The first-order valence-corrected chi connectivity index (χ1v) is 12.4. The topological polar surface area (TPSA) is 62.6 Å². The lowest BCUT2D eigenvalue weighted by atomic mass is 10.0. The van der Waals surface area contributed by atoms with Gasteiger partial charge in [0.25, 0.3) is 0 Å². The zero-order valence-corrected chi connectivity index (χ0v) is 21.3. The van der Waals surface area contributed by atoms with Crippen LogP contribution in [0.4, 0.5) is 19.3 Å². The number of urea groups is 1. The largest absolute Gasteiger partial charge is 0.494 e. The number of methoxy groups -OCH3 is 1. The van der Waals surface area contributed by atoms with E-state index in [1.165, 1.54) is 23.1 Å². The molecule has 1 aliphatic heterocycles. The molecule has 0 saturated heterocycles. The van der Waals surface area contributed by atoms with Gasteiger partial charge in [-0.05, 0) is 36.4 Å². The number of nitrogens with one attached hydrogen (secondary N) is 1. The fraction of sp³-hybridized carbons (Fsp3) is 0.241. The number of para-hydroxylation sites is 2. The predicted octanol–water partition coefficient (Wildman–Crippen LogP) is 5.38. The molecule has 1 N–H and O–H groups in total. The van der Waals surface area contributed by atoms with Gasteiger partial charge in [-0.15, -0.1) is 0 Å². The van der Waals surface area contributed by atoms with E-state index in [-0.39, 0.29) is 18.4 Å². The molecule has 9 heteroatoms. The van der Waals surface area contributed by atoms with Crippen molar-refractivity contribution in [1.82, 2.24) is 19.6 Å². The zero-order chi connectivity index (χ0) is 26.6. The summed E-state index contributed by atoms with van der Waals surface area (Å²) in [4.78, 5) is 16.6. The number of anilines is 1. The van der Waals surface area contributed by atoms with Gasteiger partial charge in [0, 0.05) is 49.9 Å². The van der Waals surface area contributed by atoms with Gasteiger partial charge < -0.3 is 15.0 Å². The fourth-order valence-corrected chi connectivity index (χ4v) is 4.76. The molecule has 3 aromatic carbocycles. The van der Waals surface area contributed by atoms with Gasteiger partial charge in [0.15, 0.2) is 0 Å². The number of aromatic nitrogens is 2. The third-order valence-electron chi connectivity index (χ3n) is 6.69. The first kappa shape index (κ1) is 25.4. The van der Waals surface area contributed by atoms with Gasteiger partial charge in [0.2, 0.25) is 0 Å². The molecule has 1 aromatic heterocycles. The Balaban J connectivity index is 1.44. The molecule has 0 spiro atoms. The number of ether oxygens (including phenoxy) is 1. The summed E-state index contributed by atoms with van der Waals surface area (Å²) in [6.45, 7) is 2.01. The van der Waals surface area contributed by atoms with Crippen LogP contribution in [0.2, 0.25) is 0 Å². The maximum Gasteiger partial charge on any atom is 0.321 e. The van der Waals surface area contributed by atoms with E-state index >= 15 is 0 Å². The molecule has 2 heterocycles. The van der Waals surface area contributed by atoms with Gasteiger partial charge in [-0.1, -0.05) is 36.4 Å². The highest BCUT2D eigenvalue weighted by Crippen LogP contribution is 2.31. The SMILES string of the molecule is COc1ccccc1-n1nc(CN(C)C(=O)Nc2cccc(F)c2)c2c1CCN(Cc1ccccc1F)C2. The number of carbonyl (C=O) groups is 1. The molecule has 196 valence electrons. The second-order valence-electron chi connectivity index (χ2n) is 9.30. The molecular weight excluding hydrogens is 488 g/mol. The summed E-state index contributed by atoms with van der Waals surface area (Å²) < 4.78 is 35.4. The number of hydrogen-bond acceptors (Lipinski definition) is 4. The number of nitrogens with zero attached hydrogens (tertiary/aromatic N) is 4. The van der Waals surface area contributed by atoms with E-state index in [4.69, 9.17) is 9.84 Å². The molecule has 0 bridgehead atoms. The van der Waals surface area contributed by atoms with Crippen molar-refractivity contribution in [2.75, 3.05) is 26.0 Å². The van der Waals surface area contributed by atoms with Gasteiger partial charge in [-0.2, -0.15) is 5.10 Å². The van der Waals surface area contributed by atoms with Crippen LogP contribution >= 0.6 is 0 Å². The van der Waals surface area contributed by atoms with E-state index < -0.39 is 5.82 Å². The van der Waals surface area contributed by atoms with Gasteiger partial charge in [-0.3, -0.25) is 4.90 Å². The van der Waals surface area contributed by atoms with Crippen molar-refractivity contribution in [1.29, 1.82) is 0 Å². The molecule has 0 fully saturated rings. The van der Waals surface area contributed by atoms with E-state index in [1.807, 2.05) is 35.0 Å². The molecule has 0 radical (unpaired) electrons. The van der Waals surface area contributed by atoms with Crippen LogP contribution < -0.4 is 10.1 Å². The molecule has 0 aliphatic carbocycles. The van der Waals surface area contributed by atoms with Crippen LogP contribution in [0.3, 0.4) is 0 Å². The monoisotopic (exact) mass is 517 g/mol. The first-order chi connectivity index (χ1) is 18.4. The fourth-order valence-electron chi connectivity index (χ4n) is 4.76. The van der Waals surface area contributed by atoms with Crippen molar-refractivity contribution in [2.24, 2.45) is 0 Å². The second-order valence-corrected chi connectivity index (χ2v) is 9.30. The Morgan fingerprint density at radius 3 is 2.66 bits per heavy atom.